The molecule has 0 saturated heterocycles. The van der Waals surface area contributed by atoms with E-state index in [2.05, 4.69) is 151 Å². The molecule has 0 bridgehead atoms. The lowest BCUT2D eigenvalue weighted by Crippen LogP contribution is -1.93. The monoisotopic (exact) mass is 610 g/mol. The molecule has 10 rings (SSSR count). The molecule has 0 N–H and O–H groups in total. The fourth-order valence-electron chi connectivity index (χ4n) is 7.13. The van der Waals surface area contributed by atoms with Crippen LogP contribution >= 0.6 is 0 Å². The van der Waals surface area contributed by atoms with E-state index in [0.29, 0.717) is 0 Å². The Bertz CT molecular complexity index is 2890. The second-order valence-corrected chi connectivity index (χ2v) is 12.2. The van der Waals surface area contributed by atoms with Gasteiger partial charge in [-0.25, -0.2) is 15.0 Å². The van der Waals surface area contributed by atoms with Crippen LogP contribution in [0.4, 0.5) is 0 Å². The smallest absolute Gasteiger partial charge is 0.0978 e. The summed E-state index contributed by atoms with van der Waals surface area (Å²) < 4.78 is 0. The van der Waals surface area contributed by atoms with Crippen LogP contribution in [0.5, 0.6) is 0 Å². The zero-order valence-corrected chi connectivity index (χ0v) is 25.8. The second kappa shape index (κ2) is 10.5. The molecule has 0 atom stereocenters. The molecule has 4 aromatic heterocycles. The van der Waals surface area contributed by atoms with Crippen LogP contribution in [-0.2, 0) is 0 Å². The molecule has 0 fully saturated rings. The average Bonchev–Trinajstić information content (AvgIpc) is 3.16. The molecule has 0 unspecified atom stereocenters. The summed E-state index contributed by atoms with van der Waals surface area (Å²) >= 11 is 0. The van der Waals surface area contributed by atoms with E-state index in [9.17, 15) is 0 Å². The maximum absolute atomic E-state index is 5.27. The predicted molar refractivity (Wildman–Crippen MR) is 199 cm³/mol. The molecule has 48 heavy (non-hydrogen) atoms. The first-order valence-corrected chi connectivity index (χ1v) is 16.1. The van der Waals surface area contributed by atoms with Crippen molar-refractivity contribution in [3.05, 3.63) is 158 Å². The van der Waals surface area contributed by atoms with Crippen LogP contribution < -0.4 is 0 Å². The van der Waals surface area contributed by atoms with Crippen LogP contribution in [0.2, 0.25) is 0 Å². The second-order valence-electron chi connectivity index (χ2n) is 12.2. The third-order valence-corrected chi connectivity index (χ3v) is 9.48. The van der Waals surface area contributed by atoms with Gasteiger partial charge in [-0.3, -0.25) is 4.98 Å². The molecular formula is C44H26N4. The fourth-order valence-corrected chi connectivity index (χ4v) is 7.13. The van der Waals surface area contributed by atoms with Crippen LogP contribution in [0.15, 0.2) is 158 Å². The summed E-state index contributed by atoms with van der Waals surface area (Å²) in [7, 11) is 0. The quantitative estimate of drug-likeness (QED) is 0.147. The van der Waals surface area contributed by atoms with Crippen LogP contribution in [0, 0.1) is 0 Å². The van der Waals surface area contributed by atoms with Crippen molar-refractivity contribution in [3.63, 3.8) is 0 Å². The van der Waals surface area contributed by atoms with Gasteiger partial charge in [0.15, 0.2) is 0 Å². The highest BCUT2D eigenvalue weighted by molar-refractivity contribution is 6.19. The summed E-state index contributed by atoms with van der Waals surface area (Å²) in [5.74, 6) is 0. The molecule has 4 heterocycles. The molecule has 10 aromatic rings. The molecule has 6 aromatic carbocycles. The topological polar surface area (TPSA) is 51.6 Å². The van der Waals surface area contributed by atoms with Crippen molar-refractivity contribution in [3.8, 4) is 33.6 Å². The van der Waals surface area contributed by atoms with Gasteiger partial charge >= 0.3 is 0 Å². The summed E-state index contributed by atoms with van der Waals surface area (Å²) in [5.41, 5.74) is 10.9. The van der Waals surface area contributed by atoms with Gasteiger partial charge in [0.1, 0.15) is 0 Å². The van der Waals surface area contributed by atoms with Crippen LogP contribution in [0.1, 0.15) is 0 Å². The first-order valence-electron chi connectivity index (χ1n) is 16.1. The predicted octanol–water partition coefficient (Wildman–Crippen LogP) is 11.2. The van der Waals surface area contributed by atoms with E-state index in [1.165, 1.54) is 21.9 Å². The Balaban J connectivity index is 1.12. The molecule has 0 aliphatic carbocycles. The number of benzene rings is 6. The number of hydrogen-bond acceptors (Lipinski definition) is 4. The minimum Gasteiger partial charge on any atom is -0.254 e. The largest absolute Gasteiger partial charge is 0.254 e. The van der Waals surface area contributed by atoms with Crippen molar-refractivity contribution in [2.75, 3.05) is 0 Å². The Morgan fingerprint density at radius 1 is 0.333 bits per heavy atom. The zero-order valence-electron chi connectivity index (χ0n) is 25.8. The van der Waals surface area contributed by atoms with Crippen molar-refractivity contribution >= 4 is 65.3 Å². The minimum absolute atomic E-state index is 0.900. The van der Waals surface area contributed by atoms with Crippen molar-refractivity contribution in [2.24, 2.45) is 0 Å². The van der Waals surface area contributed by atoms with Crippen molar-refractivity contribution in [1.29, 1.82) is 0 Å². The zero-order chi connectivity index (χ0) is 31.6. The van der Waals surface area contributed by atoms with E-state index >= 15 is 0 Å². The van der Waals surface area contributed by atoms with Gasteiger partial charge in [-0.2, -0.15) is 0 Å². The van der Waals surface area contributed by atoms with E-state index < -0.39 is 0 Å². The van der Waals surface area contributed by atoms with Gasteiger partial charge in [0, 0.05) is 49.8 Å². The molecule has 0 aliphatic rings. The summed E-state index contributed by atoms with van der Waals surface area (Å²) in [6.45, 7) is 0. The van der Waals surface area contributed by atoms with Gasteiger partial charge < -0.3 is 0 Å². The lowest BCUT2D eigenvalue weighted by molar-refractivity contribution is 1.36. The number of hydrogen-bond donors (Lipinski definition) is 0. The Kier molecular flexibility index (Phi) is 5.84. The van der Waals surface area contributed by atoms with Gasteiger partial charge in [-0.15, -0.1) is 0 Å². The third-order valence-electron chi connectivity index (χ3n) is 9.48. The highest BCUT2D eigenvalue weighted by Gasteiger charge is 2.16. The Morgan fingerprint density at radius 2 is 0.917 bits per heavy atom. The van der Waals surface area contributed by atoms with E-state index in [-0.39, 0.29) is 0 Å². The average molecular weight is 611 g/mol. The van der Waals surface area contributed by atoms with Crippen molar-refractivity contribution in [2.45, 2.75) is 0 Å². The molecule has 0 aliphatic heterocycles. The molecule has 0 spiro atoms. The first-order chi connectivity index (χ1) is 23.8. The lowest BCUT2D eigenvalue weighted by Gasteiger charge is -2.15. The van der Waals surface area contributed by atoms with E-state index in [4.69, 9.17) is 15.0 Å². The number of rotatable bonds is 3. The summed E-state index contributed by atoms with van der Waals surface area (Å²) in [6.07, 6.45) is 1.83. The number of aromatic nitrogens is 4. The first kappa shape index (κ1) is 26.7. The fraction of sp³-hybridized carbons (Fsp3) is 0. The Labute approximate surface area is 276 Å². The SMILES string of the molecule is c1ccc2c(-c3c4ccccc4nc4c3ccc3ccc(-c5ccc(-c6ccc7ccc8cccnc8c7n6)cc5)nc34)cccc2c1. The highest BCUT2D eigenvalue weighted by atomic mass is 14.8. The van der Waals surface area contributed by atoms with Gasteiger partial charge in [-0.1, -0.05) is 127 Å². The van der Waals surface area contributed by atoms with Gasteiger partial charge in [0.2, 0.25) is 0 Å². The number of nitrogens with zero attached hydrogens (tertiary/aromatic N) is 4. The van der Waals surface area contributed by atoms with Crippen LogP contribution in [-0.4, -0.2) is 19.9 Å². The Morgan fingerprint density at radius 3 is 1.69 bits per heavy atom. The van der Waals surface area contributed by atoms with Crippen LogP contribution in [0.3, 0.4) is 0 Å². The molecule has 4 heteroatoms. The summed E-state index contributed by atoms with van der Waals surface area (Å²) in [4.78, 5) is 20.2. The lowest BCUT2D eigenvalue weighted by atomic mass is 9.91. The molecule has 4 nitrogen and oxygen atoms in total. The highest BCUT2D eigenvalue weighted by Crippen LogP contribution is 2.40. The van der Waals surface area contributed by atoms with E-state index in [0.717, 1.165) is 77.0 Å². The maximum Gasteiger partial charge on any atom is 0.0978 e. The normalized spacial score (nSPS) is 11.8. The van der Waals surface area contributed by atoms with Crippen LogP contribution in [0.25, 0.3) is 98.9 Å². The third kappa shape index (κ3) is 4.16. The van der Waals surface area contributed by atoms with E-state index in [1.54, 1.807) is 0 Å². The number of pyridine rings is 4. The Hall–Kier alpha value is -6.52. The van der Waals surface area contributed by atoms with E-state index in [1.807, 2.05) is 12.3 Å². The van der Waals surface area contributed by atoms with Gasteiger partial charge in [-0.05, 0) is 40.6 Å². The number of para-hydroxylation sites is 1. The standard InChI is InChI=1S/C44H26N4/c1-2-10-33-27(7-1)8-5-12-34(33)40-35-11-3-4-13-39(35)48-44-36(40)23-20-32-22-25-38(47-43(32)44)29-16-14-28(15-17-29)37-24-21-31-19-18-30-9-6-26-45-41(30)42(31)46-37/h1-26H. The summed E-state index contributed by atoms with van der Waals surface area (Å²) in [6, 6.07) is 53.2. The molecule has 222 valence electrons. The van der Waals surface area contributed by atoms with Crippen molar-refractivity contribution in [1.82, 2.24) is 19.9 Å². The molecule has 0 amide bonds. The molecule has 0 saturated carbocycles. The molecular weight excluding hydrogens is 585 g/mol. The maximum atomic E-state index is 5.27. The van der Waals surface area contributed by atoms with Gasteiger partial charge in [0.25, 0.3) is 0 Å². The molecule has 0 radical (unpaired) electrons. The van der Waals surface area contributed by atoms with Gasteiger partial charge in [0.05, 0.1) is 39.0 Å². The minimum atomic E-state index is 0.900. The van der Waals surface area contributed by atoms with Crippen molar-refractivity contribution < 1.29 is 0 Å². The summed E-state index contributed by atoms with van der Waals surface area (Å²) in [5, 5.41) is 7.92. The number of fused-ring (bicyclic) bond motifs is 8.